The number of aromatic nitrogens is 1. The summed E-state index contributed by atoms with van der Waals surface area (Å²) in [5.41, 5.74) is -0.869. The summed E-state index contributed by atoms with van der Waals surface area (Å²) in [5, 5.41) is 20.2. The number of carboxylic acid groups (broad SMARTS) is 1. The van der Waals surface area contributed by atoms with Gasteiger partial charge in [0.2, 0.25) is 0 Å². The average molecular weight is 329 g/mol. The lowest BCUT2D eigenvalue weighted by Crippen LogP contribution is -2.04. The van der Waals surface area contributed by atoms with Gasteiger partial charge in [-0.2, -0.15) is 4.98 Å². The SMILES string of the molecule is O=C(O)c1ccc([N+](=O)[O-])c(Oc2ccc(Cl)cc2Cl)n1. The van der Waals surface area contributed by atoms with E-state index in [0.717, 1.165) is 12.1 Å². The Kier molecular flexibility index (Phi) is 4.25. The molecule has 0 amide bonds. The van der Waals surface area contributed by atoms with Crippen molar-refractivity contribution in [2.24, 2.45) is 0 Å². The molecule has 0 saturated carbocycles. The van der Waals surface area contributed by atoms with Crippen LogP contribution in [0.4, 0.5) is 5.69 Å². The van der Waals surface area contributed by atoms with Gasteiger partial charge in [0.05, 0.1) is 9.95 Å². The Morgan fingerprint density at radius 3 is 2.57 bits per heavy atom. The largest absolute Gasteiger partial charge is 0.477 e. The number of ether oxygens (including phenoxy) is 1. The second kappa shape index (κ2) is 5.94. The van der Waals surface area contributed by atoms with Crippen LogP contribution in [0.25, 0.3) is 0 Å². The summed E-state index contributed by atoms with van der Waals surface area (Å²) in [4.78, 5) is 24.6. The molecule has 2 rings (SSSR count). The molecule has 21 heavy (non-hydrogen) atoms. The monoisotopic (exact) mass is 328 g/mol. The van der Waals surface area contributed by atoms with Crippen molar-refractivity contribution < 1.29 is 19.6 Å². The normalized spacial score (nSPS) is 10.2. The second-order valence-electron chi connectivity index (χ2n) is 3.76. The molecule has 0 saturated heterocycles. The van der Waals surface area contributed by atoms with Crippen molar-refractivity contribution in [2.75, 3.05) is 0 Å². The molecule has 0 aliphatic heterocycles. The molecule has 1 aromatic heterocycles. The van der Waals surface area contributed by atoms with E-state index in [1.54, 1.807) is 0 Å². The zero-order chi connectivity index (χ0) is 15.6. The third-order valence-electron chi connectivity index (χ3n) is 2.36. The first-order valence-electron chi connectivity index (χ1n) is 5.40. The summed E-state index contributed by atoms with van der Waals surface area (Å²) < 4.78 is 5.24. The second-order valence-corrected chi connectivity index (χ2v) is 4.60. The lowest BCUT2D eigenvalue weighted by atomic mass is 10.3. The molecule has 0 fully saturated rings. The molecule has 9 heteroatoms. The Morgan fingerprint density at radius 1 is 1.29 bits per heavy atom. The zero-order valence-electron chi connectivity index (χ0n) is 10.1. The Balaban J connectivity index is 2.48. The third-order valence-corrected chi connectivity index (χ3v) is 2.89. The van der Waals surface area contributed by atoms with Crippen molar-refractivity contribution in [3.8, 4) is 11.6 Å². The molecule has 108 valence electrons. The van der Waals surface area contributed by atoms with Crippen LogP contribution in [0.3, 0.4) is 0 Å². The van der Waals surface area contributed by atoms with E-state index in [1.165, 1.54) is 18.2 Å². The molecule has 0 unspecified atom stereocenters. The number of benzene rings is 1. The molecule has 0 bridgehead atoms. The van der Waals surface area contributed by atoms with Gasteiger partial charge in [-0.25, -0.2) is 4.79 Å². The maximum absolute atomic E-state index is 10.9. The van der Waals surface area contributed by atoms with Crippen molar-refractivity contribution in [3.05, 3.63) is 56.2 Å². The van der Waals surface area contributed by atoms with E-state index < -0.39 is 22.5 Å². The molecule has 7 nitrogen and oxygen atoms in total. The van der Waals surface area contributed by atoms with Gasteiger partial charge < -0.3 is 9.84 Å². The molecule has 1 N–H and O–H groups in total. The van der Waals surface area contributed by atoms with Crippen molar-refractivity contribution in [1.82, 2.24) is 4.98 Å². The number of pyridine rings is 1. The summed E-state index contributed by atoms with van der Waals surface area (Å²) in [6.45, 7) is 0. The molecule has 0 radical (unpaired) electrons. The topological polar surface area (TPSA) is 103 Å². The van der Waals surface area contributed by atoms with Crippen LogP contribution in [-0.4, -0.2) is 21.0 Å². The lowest BCUT2D eigenvalue weighted by Gasteiger charge is -2.07. The predicted molar refractivity (Wildman–Crippen MR) is 74.4 cm³/mol. The Bertz CT molecular complexity index is 736. The molecular formula is C12H6Cl2N2O5. The molecule has 2 aromatic rings. The Labute approximate surface area is 127 Å². The van der Waals surface area contributed by atoms with E-state index >= 15 is 0 Å². The number of hydrogen-bond acceptors (Lipinski definition) is 5. The van der Waals surface area contributed by atoms with Crippen LogP contribution in [0, 0.1) is 10.1 Å². The first-order chi connectivity index (χ1) is 9.88. The molecule has 1 aromatic carbocycles. The van der Waals surface area contributed by atoms with Crippen molar-refractivity contribution in [1.29, 1.82) is 0 Å². The quantitative estimate of drug-likeness (QED) is 0.676. The molecule has 1 heterocycles. The molecular weight excluding hydrogens is 323 g/mol. The number of aromatic carboxylic acids is 1. The smallest absolute Gasteiger partial charge is 0.354 e. The van der Waals surface area contributed by atoms with Gasteiger partial charge >= 0.3 is 17.5 Å². The van der Waals surface area contributed by atoms with Crippen LogP contribution in [0.1, 0.15) is 10.5 Å². The van der Waals surface area contributed by atoms with Crippen molar-refractivity contribution in [2.45, 2.75) is 0 Å². The van der Waals surface area contributed by atoms with Gasteiger partial charge in [-0.1, -0.05) is 23.2 Å². The number of carbonyl (C=O) groups is 1. The van der Waals surface area contributed by atoms with Crippen molar-refractivity contribution in [3.63, 3.8) is 0 Å². The first kappa shape index (κ1) is 15.0. The van der Waals surface area contributed by atoms with E-state index in [-0.39, 0.29) is 16.5 Å². The fourth-order valence-electron chi connectivity index (χ4n) is 1.43. The fraction of sp³-hybridized carbons (Fsp3) is 0. The minimum atomic E-state index is -1.34. The highest BCUT2D eigenvalue weighted by Gasteiger charge is 2.21. The molecule has 0 aliphatic carbocycles. The lowest BCUT2D eigenvalue weighted by molar-refractivity contribution is -0.386. The fourth-order valence-corrected chi connectivity index (χ4v) is 1.88. The standard InChI is InChI=1S/C12H6Cl2N2O5/c13-6-1-4-10(7(14)5-6)21-11-9(16(19)20)3-2-8(15-11)12(17)18/h1-5H,(H,17,18). The summed E-state index contributed by atoms with van der Waals surface area (Å²) in [6, 6.07) is 6.25. The van der Waals surface area contributed by atoms with E-state index in [4.69, 9.17) is 33.0 Å². The van der Waals surface area contributed by atoms with Gasteiger partial charge in [-0.3, -0.25) is 10.1 Å². The zero-order valence-corrected chi connectivity index (χ0v) is 11.6. The third kappa shape index (κ3) is 3.39. The number of hydrogen-bond donors (Lipinski definition) is 1. The summed E-state index contributed by atoms with van der Waals surface area (Å²) in [6.07, 6.45) is 0. The summed E-state index contributed by atoms with van der Waals surface area (Å²) >= 11 is 11.6. The number of rotatable bonds is 4. The number of nitrogens with zero attached hydrogens (tertiary/aromatic N) is 2. The molecule has 0 spiro atoms. The average Bonchev–Trinajstić information content (AvgIpc) is 2.41. The highest BCUT2D eigenvalue weighted by atomic mass is 35.5. The van der Waals surface area contributed by atoms with Gasteiger partial charge in [0.15, 0.2) is 5.69 Å². The van der Waals surface area contributed by atoms with Crippen LogP contribution in [0.2, 0.25) is 10.0 Å². The van der Waals surface area contributed by atoms with Crippen LogP contribution < -0.4 is 4.74 Å². The summed E-state index contributed by atoms with van der Waals surface area (Å²) in [5.74, 6) is -1.74. The first-order valence-corrected chi connectivity index (χ1v) is 6.15. The Morgan fingerprint density at radius 2 is 2.00 bits per heavy atom. The number of carboxylic acids is 1. The van der Waals surface area contributed by atoms with Crippen LogP contribution in [0.15, 0.2) is 30.3 Å². The van der Waals surface area contributed by atoms with Gasteiger partial charge in [-0.15, -0.1) is 0 Å². The van der Waals surface area contributed by atoms with Gasteiger partial charge in [-0.05, 0) is 24.3 Å². The van der Waals surface area contributed by atoms with E-state index in [1.807, 2.05) is 0 Å². The number of halogens is 2. The molecule has 0 atom stereocenters. The van der Waals surface area contributed by atoms with Gasteiger partial charge in [0, 0.05) is 11.1 Å². The maximum Gasteiger partial charge on any atom is 0.354 e. The highest BCUT2D eigenvalue weighted by molar-refractivity contribution is 6.35. The Hall–Kier alpha value is -2.38. The van der Waals surface area contributed by atoms with Crippen LogP contribution >= 0.6 is 23.2 Å². The van der Waals surface area contributed by atoms with Crippen LogP contribution in [0.5, 0.6) is 11.6 Å². The highest BCUT2D eigenvalue weighted by Crippen LogP contribution is 2.34. The minimum Gasteiger partial charge on any atom is -0.477 e. The van der Waals surface area contributed by atoms with Gasteiger partial charge in [0.1, 0.15) is 5.75 Å². The van der Waals surface area contributed by atoms with Crippen molar-refractivity contribution >= 4 is 34.9 Å². The maximum atomic E-state index is 10.9. The minimum absolute atomic E-state index is 0.0687. The van der Waals surface area contributed by atoms with E-state index in [2.05, 4.69) is 4.98 Å². The molecule has 0 aliphatic rings. The van der Waals surface area contributed by atoms with Gasteiger partial charge in [0.25, 0.3) is 0 Å². The predicted octanol–water partition coefficient (Wildman–Crippen LogP) is 3.79. The van der Waals surface area contributed by atoms with E-state index in [0.29, 0.717) is 5.02 Å². The van der Waals surface area contributed by atoms with Crippen LogP contribution in [-0.2, 0) is 0 Å². The number of nitro groups is 1. The summed E-state index contributed by atoms with van der Waals surface area (Å²) in [7, 11) is 0. The van der Waals surface area contributed by atoms with E-state index in [9.17, 15) is 14.9 Å².